The van der Waals surface area contributed by atoms with Crippen molar-refractivity contribution < 1.29 is 35.8 Å². The lowest BCUT2D eigenvalue weighted by Gasteiger charge is -2.15. The molecule has 1 aromatic rings. The summed E-state index contributed by atoms with van der Waals surface area (Å²) < 4.78 is 78.8. The number of halogens is 4. The lowest BCUT2D eigenvalue weighted by molar-refractivity contribution is -0.200. The lowest BCUT2D eigenvalue weighted by Crippen LogP contribution is -2.40. The van der Waals surface area contributed by atoms with E-state index in [-0.39, 0.29) is 5.75 Å². The van der Waals surface area contributed by atoms with Crippen molar-refractivity contribution in [2.45, 2.75) is 17.2 Å². The molecule has 0 radical (unpaired) electrons. The fourth-order valence-electron chi connectivity index (χ4n) is 1.20. The number of aliphatic hydroxyl groups excluding tert-OH is 1. The Balaban J connectivity index is 2.87. The van der Waals surface area contributed by atoms with Gasteiger partial charge in [-0.15, -0.1) is 0 Å². The van der Waals surface area contributed by atoms with Crippen molar-refractivity contribution >= 4 is 10.0 Å². The monoisotopic (exact) mass is 317 g/mol. The molecule has 0 heterocycles. The molecular weight excluding hydrogens is 306 g/mol. The number of alkyl halides is 3. The topological polar surface area (TPSA) is 75.6 Å². The van der Waals surface area contributed by atoms with Gasteiger partial charge in [-0.1, -0.05) is 0 Å². The first-order valence-electron chi connectivity index (χ1n) is 5.16. The van der Waals surface area contributed by atoms with Gasteiger partial charge in [0.25, 0.3) is 0 Å². The second-order valence-electron chi connectivity index (χ2n) is 3.71. The second kappa shape index (κ2) is 5.94. The molecule has 2 N–H and O–H groups in total. The van der Waals surface area contributed by atoms with Gasteiger partial charge in [-0.05, 0) is 18.2 Å². The van der Waals surface area contributed by atoms with Crippen LogP contribution in [0.4, 0.5) is 17.6 Å². The summed E-state index contributed by atoms with van der Waals surface area (Å²) >= 11 is 0. The Kier molecular flexibility index (Phi) is 4.95. The van der Waals surface area contributed by atoms with Gasteiger partial charge in [0.2, 0.25) is 10.0 Å². The van der Waals surface area contributed by atoms with Gasteiger partial charge in [-0.2, -0.15) is 13.2 Å². The normalized spacial score (nSPS) is 14.1. The highest BCUT2D eigenvalue weighted by atomic mass is 32.2. The van der Waals surface area contributed by atoms with Crippen LogP contribution in [-0.2, 0) is 10.0 Å². The molecular formula is C10H11F4NO4S. The third-order valence-electron chi connectivity index (χ3n) is 2.28. The fraction of sp³-hybridized carbons (Fsp3) is 0.400. The molecule has 114 valence electrons. The molecule has 0 aliphatic rings. The molecule has 0 saturated heterocycles. The van der Waals surface area contributed by atoms with E-state index in [2.05, 4.69) is 4.74 Å². The van der Waals surface area contributed by atoms with Crippen molar-refractivity contribution in [3.63, 3.8) is 0 Å². The molecule has 1 unspecified atom stereocenters. The highest BCUT2D eigenvalue weighted by Gasteiger charge is 2.38. The largest absolute Gasteiger partial charge is 0.494 e. The number of methoxy groups -OCH3 is 1. The molecule has 10 heteroatoms. The van der Waals surface area contributed by atoms with Crippen LogP contribution >= 0.6 is 0 Å². The van der Waals surface area contributed by atoms with Gasteiger partial charge in [0.1, 0.15) is 0 Å². The van der Waals surface area contributed by atoms with E-state index in [1.165, 1.54) is 7.11 Å². The first kappa shape index (κ1) is 16.7. The summed E-state index contributed by atoms with van der Waals surface area (Å²) in [5.74, 6) is -1.19. The quantitative estimate of drug-likeness (QED) is 0.796. The molecule has 0 aliphatic heterocycles. The predicted molar refractivity (Wildman–Crippen MR) is 60.2 cm³/mol. The molecule has 0 bridgehead atoms. The number of ether oxygens (including phenoxy) is 1. The lowest BCUT2D eigenvalue weighted by atomic mass is 10.3. The first-order chi connectivity index (χ1) is 9.08. The van der Waals surface area contributed by atoms with Crippen LogP contribution in [0.1, 0.15) is 0 Å². The van der Waals surface area contributed by atoms with Crippen molar-refractivity contribution in [3.05, 3.63) is 24.0 Å². The van der Waals surface area contributed by atoms with Crippen molar-refractivity contribution in [1.29, 1.82) is 0 Å². The maximum absolute atomic E-state index is 13.3. The Labute approximate surface area is 112 Å². The van der Waals surface area contributed by atoms with Crippen LogP contribution in [0.15, 0.2) is 23.1 Å². The van der Waals surface area contributed by atoms with Crippen molar-refractivity contribution in [2.24, 2.45) is 0 Å². The van der Waals surface area contributed by atoms with Crippen molar-refractivity contribution in [1.82, 2.24) is 4.72 Å². The first-order valence-corrected chi connectivity index (χ1v) is 6.64. The van der Waals surface area contributed by atoms with E-state index < -0.39 is 39.6 Å². The number of hydrogen-bond donors (Lipinski definition) is 2. The number of aliphatic hydroxyl groups is 1. The molecule has 0 spiro atoms. The van der Waals surface area contributed by atoms with Crippen molar-refractivity contribution in [3.8, 4) is 5.75 Å². The summed E-state index contributed by atoms with van der Waals surface area (Å²) in [7, 11) is -3.20. The Bertz CT molecular complexity index is 573. The van der Waals surface area contributed by atoms with Gasteiger partial charge in [-0.25, -0.2) is 17.5 Å². The maximum atomic E-state index is 13.3. The van der Waals surface area contributed by atoms with Crippen LogP contribution in [0, 0.1) is 5.82 Å². The summed E-state index contributed by atoms with van der Waals surface area (Å²) in [6.07, 6.45) is -7.80. The van der Waals surface area contributed by atoms with Crippen LogP contribution in [0.25, 0.3) is 0 Å². The highest BCUT2D eigenvalue weighted by Crippen LogP contribution is 2.22. The fourth-order valence-corrected chi connectivity index (χ4v) is 2.25. The maximum Gasteiger partial charge on any atom is 0.415 e. The summed E-state index contributed by atoms with van der Waals surface area (Å²) in [5.41, 5.74) is 0. The number of benzene rings is 1. The van der Waals surface area contributed by atoms with E-state index in [0.717, 1.165) is 12.1 Å². The van der Waals surface area contributed by atoms with E-state index in [1.54, 1.807) is 4.72 Å². The standard InChI is InChI=1S/C10H11F4NO4S/c1-19-8-3-2-6(4-7(8)11)20(17,18)15-5-9(16)10(12,13)14/h2-4,9,15-16H,5H2,1H3. The van der Waals surface area contributed by atoms with Crippen LogP contribution < -0.4 is 9.46 Å². The molecule has 0 aromatic heterocycles. The van der Waals surface area contributed by atoms with Gasteiger partial charge in [-0.3, -0.25) is 0 Å². The minimum Gasteiger partial charge on any atom is -0.494 e. The second-order valence-corrected chi connectivity index (χ2v) is 5.47. The van der Waals surface area contributed by atoms with E-state index in [0.29, 0.717) is 6.07 Å². The van der Waals surface area contributed by atoms with Crippen LogP contribution in [0.5, 0.6) is 5.75 Å². The molecule has 0 fully saturated rings. The molecule has 0 saturated carbocycles. The Morgan fingerprint density at radius 2 is 2.00 bits per heavy atom. The zero-order valence-corrected chi connectivity index (χ0v) is 10.9. The van der Waals surface area contributed by atoms with Crippen LogP contribution in [0.2, 0.25) is 0 Å². The van der Waals surface area contributed by atoms with E-state index in [9.17, 15) is 26.0 Å². The minimum absolute atomic E-state index is 0.209. The van der Waals surface area contributed by atoms with E-state index in [4.69, 9.17) is 5.11 Å². The third kappa shape index (κ3) is 4.05. The van der Waals surface area contributed by atoms with Gasteiger partial charge in [0.05, 0.1) is 12.0 Å². The summed E-state index contributed by atoms with van der Waals surface area (Å²) in [6.45, 7) is -1.26. The molecule has 0 aliphatic carbocycles. The van der Waals surface area contributed by atoms with Gasteiger partial charge in [0, 0.05) is 6.54 Å². The Morgan fingerprint density at radius 3 is 2.45 bits per heavy atom. The minimum atomic E-state index is -4.95. The number of rotatable bonds is 5. The average molecular weight is 317 g/mol. The van der Waals surface area contributed by atoms with Crippen LogP contribution in [0.3, 0.4) is 0 Å². The molecule has 1 rings (SSSR count). The smallest absolute Gasteiger partial charge is 0.415 e. The summed E-state index contributed by atoms with van der Waals surface area (Å²) in [5, 5.41) is 8.69. The third-order valence-corrected chi connectivity index (χ3v) is 3.70. The molecule has 1 aromatic carbocycles. The zero-order chi connectivity index (χ0) is 15.6. The van der Waals surface area contributed by atoms with E-state index in [1.807, 2.05) is 0 Å². The summed E-state index contributed by atoms with van der Waals surface area (Å²) in [4.78, 5) is -0.579. The van der Waals surface area contributed by atoms with Gasteiger partial charge < -0.3 is 9.84 Å². The van der Waals surface area contributed by atoms with Gasteiger partial charge in [0.15, 0.2) is 17.7 Å². The number of hydrogen-bond acceptors (Lipinski definition) is 4. The summed E-state index contributed by atoms with van der Waals surface area (Å²) in [6, 6.07) is 2.58. The molecule has 1 atom stereocenters. The SMILES string of the molecule is COc1ccc(S(=O)(=O)NCC(O)C(F)(F)F)cc1F. The van der Waals surface area contributed by atoms with E-state index >= 15 is 0 Å². The van der Waals surface area contributed by atoms with Crippen LogP contribution in [-0.4, -0.2) is 39.5 Å². The zero-order valence-electron chi connectivity index (χ0n) is 10.1. The van der Waals surface area contributed by atoms with Crippen molar-refractivity contribution in [2.75, 3.05) is 13.7 Å². The predicted octanol–water partition coefficient (Wildman–Crippen LogP) is 1.04. The number of sulfonamides is 1. The Morgan fingerprint density at radius 1 is 1.40 bits per heavy atom. The highest BCUT2D eigenvalue weighted by molar-refractivity contribution is 7.89. The molecule has 0 amide bonds. The molecule has 5 nitrogen and oxygen atoms in total. The average Bonchev–Trinajstić information content (AvgIpc) is 2.34. The molecule has 20 heavy (non-hydrogen) atoms. The Hall–Kier alpha value is -1.39. The van der Waals surface area contributed by atoms with Gasteiger partial charge >= 0.3 is 6.18 Å². The number of nitrogens with one attached hydrogen (secondary N) is 1.